The van der Waals surface area contributed by atoms with Crippen LogP contribution in [0.3, 0.4) is 0 Å². The molecule has 0 radical (unpaired) electrons. The van der Waals surface area contributed by atoms with E-state index in [9.17, 15) is 8.60 Å². The van der Waals surface area contributed by atoms with E-state index >= 15 is 0 Å². The van der Waals surface area contributed by atoms with E-state index in [1.807, 2.05) is 0 Å². The summed E-state index contributed by atoms with van der Waals surface area (Å²) < 4.78 is 31.9. The normalized spacial score (nSPS) is 12.8. The molecule has 1 atom stereocenters. The molecule has 1 heterocycles. The zero-order valence-electron chi connectivity index (χ0n) is 10.0. The first-order chi connectivity index (χ1) is 8.52. The lowest BCUT2D eigenvalue weighted by molar-refractivity contribution is 0.387. The predicted molar refractivity (Wildman–Crippen MR) is 72.6 cm³/mol. The molecule has 0 bridgehead atoms. The maximum atomic E-state index is 13.5. The summed E-state index contributed by atoms with van der Waals surface area (Å²) in [4.78, 5) is 2.93. The van der Waals surface area contributed by atoms with Crippen molar-refractivity contribution in [2.24, 2.45) is 0 Å². The third-order valence-corrected chi connectivity index (χ3v) is 3.73. The number of benzene rings is 1. The molecule has 0 aliphatic heterocycles. The smallest absolute Gasteiger partial charge is 0.178 e. The lowest BCUT2D eigenvalue weighted by atomic mass is 10.3. The lowest BCUT2D eigenvalue weighted by Gasteiger charge is -2.05. The number of rotatable bonds is 4. The Hall–Kier alpha value is -1.21. The zero-order chi connectivity index (χ0) is 13.3. The molecule has 2 rings (SSSR count). The van der Waals surface area contributed by atoms with Gasteiger partial charge in [-0.1, -0.05) is 0 Å². The van der Waals surface area contributed by atoms with Crippen molar-refractivity contribution in [3.63, 3.8) is 0 Å². The predicted octanol–water partition coefficient (Wildman–Crippen LogP) is 2.23. The molecular weight excluding hydrogens is 275 g/mol. The highest BCUT2D eigenvalue weighted by atomic mass is 32.2. The number of nitrogens with zero attached hydrogens (tertiary/aromatic N) is 1. The van der Waals surface area contributed by atoms with E-state index < -0.39 is 16.6 Å². The number of halogens is 1. The fourth-order valence-corrected chi connectivity index (χ4v) is 2.50. The minimum Gasteiger partial charge on any atom is -0.494 e. The highest BCUT2D eigenvalue weighted by Gasteiger charge is 2.10. The van der Waals surface area contributed by atoms with E-state index in [0.717, 1.165) is 5.52 Å². The first kappa shape index (κ1) is 13.2. The molecule has 1 aromatic heterocycles. The van der Waals surface area contributed by atoms with Crippen molar-refractivity contribution in [1.82, 2.24) is 9.55 Å². The molecule has 1 aromatic carbocycles. The van der Waals surface area contributed by atoms with Gasteiger partial charge in [0.25, 0.3) is 0 Å². The molecule has 7 heteroatoms. The number of nitrogens with one attached hydrogen (secondary N) is 1. The van der Waals surface area contributed by atoms with Crippen LogP contribution in [0.5, 0.6) is 5.75 Å². The van der Waals surface area contributed by atoms with E-state index in [1.54, 1.807) is 16.9 Å². The second-order valence-corrected chi connectivity index (χ2v) is 5.80. The summed E-state index contributed by atoms with van der Waals surface area (Å²) in [6.45, 7) is 0.525. The number of aromatic amines is 1. The summed E-state index contributed by atoms with van der Waals surface area (Å²) in [5.74, 6) is 0.233. The Bertz CT molecular complexity index is 663. The number of aromatic nitrogens is 2. The Morgan fingerprint density at radius 1 is 1.56 bits per heavy atom. The topological polar surface area (TPSA) is 47.0 Å². The number of hydrogen-bond acceptors (Lipinski definition) is 3. The maximum Gasteiger partial charge on any atom is 0.178 e. The van der Waals surface area contributed by atoms with Gasteiger partial charge < -0.3 is 14.3 Å². The Balaban J connectivity index is 2.55. The fraction of sp³-hybridized carbons (Fsp3) is 0.364. The number of H-pyrrole nitrogens is 1. The zero-order valence-corrected chi connectivity index (χ0v) is 11.7. The van der Waals surface area contributed by atoms with Crippen LogP contribution < -0.4 is 4.74 Å². The first-order valence-corrected chi connectivity index (χ1v) is 7.42. The summed E-state index contributed by atoms with van der Waals surface area (Å²) in [6.07, 6.45) is 1.64. The summed E-state index contributed by atoms with van der Waals surface area (Å²) in [6, 6.07) is 2.94. The van der Waals surface area contributed by atoms with E-state index in [0.29, 0.717) is 22.6 Å². The van der Waals surface area contributed by atoms with Crippen molar-refractivity contribution >= 4 is 34.1 Å². The molecule has 1 N–H and O–H groups in total. The van der Waals surface area contributed by atoms with Crippen LogP contribution in [0.15, 0.2) is 12.1 Å². The van der Waals surface area contributed by atoms with Gasteiger partial charge in [-0.15, -0.1) is 0 Å². The fourth-order valence-electron chi connectivity index (χ4n) is 1.76. The van der Waals surface area contributed by atoms with Crippen LogP contribution in [-0.4, -0.2) is 32.9 Å². The van der Waals surface area contributed by atoms with Crippen molar-refractivity contribution in [2.45, 2.75) is 6.54 Å². The van der Waals surface area contributed by atoms with Crippen LogP contribution >= 0.6 is 12.2 Å². The Morgan fingerprint density at radius 3 is 2.89 bits per heavy atom. The second kappa shape index (κ2) is 5.19. The van der Waals surface area contributed by atoms with Gasteiger partial charge in [-0.05, 0) is 12.2 Å². The van der Waals surface area contributed by atoms with Crippen LogP contribution in [-0.2, 0) is 17.3 Å². The standard InChI is InChI=1S/C11H13FN2O2S2/c1-16-10-6-9-8(5-7(10)12)13-11(17)14(9)3-4-18(2)15/h5-6H,3-4H2,1-2H3,(H,13,17). The monoisotopic (exact) mass is 288 g/mol. The van der Waals surface area contributed by atoms with Crippen LogP contribution in [0.4, 0.5) is 4.39 Å². The van der Waals surface area contributed by atoms with Gasteiger partial charge in [-0.25, -0.2) is 4.39 Å². The molecule has 0 aliphatic rings. The molecule has 98 valence electrons. The second-order valence-electron chi connectivity index (χ2n) is 3.86. The van der Waals surface area contributed by atoms with Crippen molar-refractivity contribution < 1.29 is 13.3 Å². The van der Waals surface area contributed by atoms with Crippen LogP contribution in [0.1, 0.15) is 0 Å². The van der Waals surface area contributed by atoms with Gasteiger partial charge in [-0.3, -0.25) is 4.21 Å². The van der Waals surface area contributed by atoms with Crippen molar-refractivity contribution in [3.05, 3.63) is 22.7 Å². The van der Waals surface area contributed by atoms with Crippen LogP contribution in [0, 0.1) is 10.6 Å². The molecule has 1 unspecified atom stereocenters. The quantitative estimate of drug-likeness (QED) is 0.878. The van der Waals surface area contributed by atoms with Gasteiger partial charge >= 0.3 is 0 Å². The van der Waals surface area contributed by atoms with Crippen molar-refractivity contribution in [3.8, 4) is 5.75 Å². The van der Waals surface area contributed by atoms with Gasteiger partial charge in [-0.2, -0.15) is 0 Å². The molecular formula is C11H13FN2O2S2. The molecule has 18 heavy (non-hydrogen) atoms. The van der Waals surface area contributed by atoms with Gasteiger partial charge in [0.2, 0.25) is 0 Å². The van der Waals surface area contributed by atoms with Gasteiger partial charge in [0.05, 0.1) is 18.1 Å². The molecule has 4 nitrogen and oxygen atoms in total. The lowest BCUT2D eigenvalue weighted by Crippen LogP contribution is -2.06. The average molecular weight is 288 g/mol. The van der Waals surface area contributed by atoms with Gasteiger partial charge in [0, 0.05) is 41.5 Å². The summed E-state index contributed by atoms with van der Waals surface area (Å²) in [5.41, 5.74) is 1.36. The minimum atomic E-state index is -0.899. The number of ether oxygens (including phenoxy) is 1. The van der Waals surface area contributed by atoms with E-state index in [-0.39, 0.29) is 5.75 Å². The Morgan fingerprint density at radius 2 is 2.28 bits per heavy atom. The molecule has 2 aromatic rings. The summed E-state index contributed by atoms with van der Waals surface area (Å²) in [5, 5.41) is 0. The summed E-state index contributed by atoms with van der Waals surface area (Å²) >= 11 is 5.17. The van der Waals surface area contributed by atoms with Gasteiger partial charge in [0.1, 0.15) is 0 Å². The largest absolute Gasteiger partial charge is 0.494 e. The number of fused-ring (bicyclic) bond motifs is 1. The average Bonchev–Trinajstić information content (AvgIpc) is 2.60. The summed E-state index contributed by atoms with van der Waals surface area (Å²) in [7, 11) is 0.514. The highest BCUT2D eigenvalue weighted by molar-refractivity contribution is 7.84. The molecule has 0 amide bonds. The Labute approximate surface area is 111 Å². The first-order valence-electron chi connectivity index (χ1n) is 5.29. The Kier molecular flexibility index (Phi) is 3.82. The third-order valence-electron chi connectivity index (χ3n) is 2.65. The molecule has 0 fully saturated rings. The molecule has 0 saturated heterocycles. The molecule has 0 saturated carbocycles. The molecule has 0 spiro atoms. The minimum absolute atomic E-state index is 0.169. The SMILES string of the molecule is COc1cc2c(cc1F)[nH]c(=S)n2CCS(C)=O. The van der Waals surface area contributed by atoms with E-state index in [2.05, 4.69) is 4.98 Å². The van der Waals surface area contributed by atoms with E-state index in [4.69, 9.17) is 17.0 Å². The maximum absolute atomic E-state index is 13.5. The van der Waals surface area contributed by atoms with Gasteiger partial charge in [0.15, 0.2) is 16.3 Å². The molecule has 0 aliphatic carbocycles. The van der Waals surface area contributed by atoms with Crippen molar-refractivity contribution in [1.29, 1.82) is 0 Å². The number of methoxy groups -OCH3 is 1. The third kappa shape index (κ3) is 2.46. The van der Waals surface area contributed by atoms with Crippen molar-refractivity contribution in [2.75, 3.05) is 19.1 Å². The number of hydrogen-bond donors (Lipinski definition) is 1. The van der Waals surface area contributed by atoms with E-state index in [1.165, 1.54) is 13.2 Å². The van der Waals surface area contributed by atoms with Crippen LogP contribution in [0.2, 0.25) is 0 Å². The highest BCUT2D eigenvalue weighted by Crippen LogP contribution is 2.24. The number of aryl methyl sites for hydroxylation is 1. The number of imidazole rings is 1. The van der Waals surface area contributed by atoms with Crippen LogP contribution in [0.25, 0.3) is 11.0 Å².